The molecule has 2 aromatic carbocycles. The maximum absolute atomic E-state index is 13.5. The van der Waals surface area contributed by atoms with Gasteiger partial charge in [-0.15, -0.1) is 0 Å². The number of hydrogen-bond acceptors (Lipinski definition) is 6. The number of nitrogens with zero attached hydrogens (tertiary/aromatic N) is 3. The summed E-state index contributed by atoms with van der Waals surface area (Å²) in [5.41, 5.74) is 6.87. The predicted molar refractivity (Wildman–Crippen MR) is 116 cm³/mol. The van der Waals surface area contributed by atoms with E-state index < -0.39 is 21.7 Å². The van der Waals surface area contributed by atoms with E-state index in [0.717, 1.165) is 23.1 Å². The second kappa shape index (κ2) is 6.81. The summed E-state index contributed by atoms with van der Waals surface area (Å²) < 4.78 is 0. The van der Waals surface area contributed by atoms with Gasteiger partial charge in [0.2, 0.25) is 0 Å². The predicted octanol–water partition coefficient (Wildman–Crippen LogP) is 3.15. The molecule has 3 aromatic rings. The zero-order valence-electron chi connectivity index (χ0n) is 17.6. The summed E-state index contributed by atoms with van der Waals surface area (Å²) in [6.07, 6.45) is 1.43. The van der Waals surface area contributed by atoms with E-state index in [0.29, 0.717) is 12.1 Å². The van der Waals surface area contributed by atoms with Gasteiger partial charge in [0, 0.05) is 23.6 Å². The number of non-ortho nitro benzene ring substituents is 1. The third kappa shape index (κ3) is 2.63. The highest BCUT2D eigenvalue weighted by Gasteiger charge is 2.68. The molecule has 0 radical (unpaired) electrons. The first kappa shape index (κ1) is 20.0. The first-order valence-corrected chi connectivity index (χ1v) is 10.4. The maximum Gasteiger partial charge on any atom is 0.269 e. The van der Waals surface area contributed by atoms with E-state index in [1.165, 1.54) is 24.3 Å². The number of amides is 2. The summed E-state index contributed by atoms with van der Waals surface area (Å²) in [6.45, 7) is 4.10. The Balaban J connectivity index is 1.44. The van der Waals surface area contributed by atoms with E-state index in [1.54, 1.807) is 0 Å². The zero-order valence-corrected chi connectivity index (χ0v) is 17.6. The van der Waals surface area contributed by atoms with E-state index in [-0.39, 0.29) is 23.1 Å². The van der Waals surface area contributed by atoms with Crippen molar-refractivity contribution in [2.45, 2.75) is 38.0 Å². The van der Waals surface area contributed by atoms with Gasteiger partial charge in [-0.2, -0.15) is 0 Å². The average Bonchev–Trinajstić information content (AvgIpc) is 3.17. The van der Waals surface area contributed by atoms with Crippen LogP contribution in [0.4, 0.5) is 5.69 Å². The molecule has 2 bridgehead atoms. The van der Waals surface area contributed by atoms with Crippen molar-refractivity contribution in [1.82, 2.24) is 20.8 Å². The van der Waals surface area contributed by atoms with Crippen LogP contribution in [0.1, 0.15) is 54.4 Å². The summed E-state index contributed by atoms with van der Waals surface area (Å²) in [5, 5.41) is 10.8. The van der Waals surface area contributed by atoms with Crippen LogP contribution in [0.3, 0.4) is 0 Å². The number of para-hydroxylation sites is 2. The first-order valence-electron chi connectivity index (χ1n) is 10.4. The number of carbonyl (C=O) groups is 2. The fourth-order valence-electron chi connectivity index (χ4n) is 5.35. The molecule has 2 atom stereocenters. The number of nitro benzene ring substituents is 1. The third-order valence-electron chi connectivity index (χ3n) is 7.13. The van der Waals surface area contributed by atoms with Crippen molar-refractivity contribution >= 4 is 28.5 Å². The fourth-order valence-corrected chi connectivity index (χ4v) is 5.35. The van der Waals surface area contributed by atoms with Gasteiger partial charge in [-0.05, 0) is 42.5 Å². The van der Waals surface area contributed by atoms with E-state index in [1.807, 2.05) is 24.3 Å². The Bertz CT molecular complexity index is 1290. The lowest BCUT2D eigenvalue weighted by molar-refractivity contribution is -0.384. The van der Waals surface area contributed by atoms with Gasteiger partial charge in [-0.25, -0.2) is 9.97 Å². The van der Waals surface area contributed by atoms with Gasteiger partial charge in [-0.3, -0.25) is 30.6 Å². The minimum absolute atomic E-state index is 0.103. The molecule has 9 nitrogen and oxygen atoms in total. The molecule has 9 heteroatoms. The Morgan fingerprint density at radius 1 is 1.03 bits per heavy atom. The smallest absolute Gasteiger partial charge is 0.269 e. The Morgan fingerprint density at radius 2 is 1.69 bits per heavy atom. The average molecular weight is 431 g/mol. The van der Waals surface area contributed by atoms with Crippen LogP contribution >= 0.6 is 0 Å². The quantitative estimate of drug-likeness (QED) is 0.484. The number of aromatic nitrogens is 2. The van der Waals surface area contributed by atoms with Crippen molar-refractivity contribution in [3.05, 3.63) is 75.6 Å². The highest BCUT2D eigenvalue weighted by Crippen LogP contribution is 2.67. The number of rotatable bonds is 3. The minimum atomic E-state index is -0.910. The second-order valence-electron chi connectivity index (χ2n) is 8.88. The van der Waals surface area contributed by atoms with Crippen molar-refractivity contribution in [1.29, 1.82) is 0 Å². The number of fused-ring (bicyclic) bond motifs is 6. The van der Waals surface area contributed by atoms with Crippen molar-refractivity contribution in [2.24, 2.45) is 5.41 Å². The molecule has 0 aliphatic heterocycles. The third-order valence-corrected chi connectivity index (χ3v) is 7.13. The van der Waals surface area contributed by atoms with Crippen LogP contribution in [-0.2, 0) is 10.2 Å². The lowest BCUT2D eigenvalue weighted by Crippen LogP contribution is -2.54. The number of nitrogens with one attached hydrogen (secondary N) is 2. The standard InChI is InChI=1S/C23H21N5O4/c1-22(2)15-11-12-23(22,19-18(15)24-16-5-3-4-6-17(16)25-19)21(30)27-26-20(29)13-7-9-14(10-8-13)28(31)32/h3-10,15H,11-12H2,1-2H3,(H,26,29)(H,27,30). The van der Waals surface area contributed by atoms with Crippen LogP contribution in [0.15, 0.2) is 48.5 Å². The fraction of sp³-hybridized carbons (Fsp3) is 0.304. The topological polar surface area (TPSA) is 127 Å². The summed E-state index contributed by atoms with van der Waals surface area (Å²) in [5.74, 6) is -0.783. The highest BCUT2D eigenvalue weighted by molar-refractivity contribution is 5.98. The van der Waals surface area contributed by atoms with Crippen molar-refractivity contribution in [3.8, 4) is 0 Å². The molecule has 1 saturated carbocycles. The van der Waals surface area contributed by atoms with Crippen LogP contribution in [0.5, 0.6) is 0 Å². The van der Waals surface area contributed by atoms with Crippen molar-refractivity contribution < 1.29 is 14.5 Å². The SMILES string of the molecule is CC1(C)C2CCC1(C(=O)NNC(=O)c1ccc([N+](=O)[O-])cc1)c1nc3ccccc3nc12. The summed E-state index contributed by atoms with van der Waals surface area (Å²) in [4.78, 5) is 46.0. The number of carbonyl (C=O) groups excluding carboxylic acids is 2. The Morgan fingerprint density at radius 3 is 2.34 bits per heavy atom. The number of hydrazine groups is 1. The summed E-state index contributed by atoms with van der Waals surface area (Å²) in [6, 6.07) is 12.8. The molecule has 2 amide bonds. The number of nitro groups is 1. The monoisotopic (exact) mass is 431 g/mol. The molecule has 1 aromatic heterocycles. The van der Waals surface area contributed by atoms with Crippen LogP contribution in [0.25, 0.3) is 11.0 Å². The molecule has 2 unspecified atom stereocenters. The number of hydrogen-bond donors (Lipinski definition) is 2. The molecule has 2 N–H and O–H groups in total. The molecule has 0 spiro atoms. The second-order valence-corrected chi connectivity index (χ2v) is 8.88. The first-order chi connectivity index (χ1) is 15.3. The van der Waals surface area contributed by atoms with E-state index in [4.69, 9.17) is 9.97 Å². The van der Waals surface area contributed by atoms with Crippen LogP contribution in [0.2, 0.25) is 0 Å². The van der Waals surface area contributed by atoms with Gasteiger partial charge >= 0.3 is 0 Å². The highest BCUT2D eigenvalue weighted by atomic mass is 16.6. The van der Waals surface area contributed by atoms with Crippen LogP contribution in [-0.4, -0.2) is 26.7 Å². The largest absolute Gasteiger partial charge is 0.272 e. The van der Waals surface area contributed by atoms with Gasteiger partial charge in [0.1, 0.15) is 5.41 Å². The van der Waals surface area contributed by atoms with Crippen molar-refractivity contribution in [2.75, 3.05) is 0 Å². The van der Waals surface area contributed by atoms with Crippen molar-refractivity contribution in [3.63, 3.8) is 0 Å². The molecule has 0 saturated heterocycles. The molecular formula is C23H21N5O4. The van der Waals surface area contributed by atoms with Gasteiger partial charge in [0.25, 0.3) is 17.5 Å². The number of benzene rings is 2. The maximum atomic E-state index is 13.5. The molecule has 162 valence electrons. The van der Waals surface area contributed by atoms with Gasteiger partial charge in [0.05, 0.1) is 27.3 Å². The molecule has 5 rings (SSSR count). The lowest BCUT2D eigenvalue weighted by atomic mass is 9.68. The normalized spacial score (nSPS) is 22.4. The Kier molecular flexibility index (Phi) is 4.27. The van der Waals surface area contributed by atoms with Crippen LogP contribution < -0.4 is 10.9 Å². The zero-order chi connectivity index (χ0) is 22.7. The molecule has 32 heavy (non-hydrogen) atoms. The lowest BCUT2D eigenvalue weighted by Gasteiger charge is -2.36. The van der Waals surface area contributed by atoms with Gasteiger partial charge in [0.15, 0.2) is 0 Å². The molecule has 2 aliphatic carbocycles. The van der Waals surface area contributed by atoms with E-state index in [2.05, 4.69) is 24.7 Å². The van der Waals surface area contributed by atoms with E-state index in [9.17, 15) is 19.7 Å². The van der Waals surface area contributed by atoms with Gasteiger partial charge in [-0.1, -0.05) is 26.0 Å². The Labute approximate surface area is 183 Å². The van der Waals surface area contributed by atoms with Crippen LogP contribution in [0, 0.1) is 15.5 Å². The van der Waals surface area contributed by atoms with E-state index >= 15 is 0 Å². The summed E-state index contributed by atoms with van der Waals surface area (Å²) in [7, 11) is 0. The molecular weight excluding hydrogens is 410 g/mol. The molecule has 1 heterocycles. The summed E-state index contributed by atoms with van der Waals surface area (Å²) >= 11 is 0. The molecule has 2 aliphatic rings. The minimum Gasteiger partial charge on any atom is -0.272 e. The molecule has 1 fully saturated rings. The Hall–Kier alpha value is -3.88. The van der Waals surface area contributed by atoms with Gasteiger partial charge < -0.3 is 0 Å².